The third-order valence-electron chi connectivity index (χ3n) is 3.08. The summed E-state index contributed by atoms with van der Waals surface area (Å²) in [7, 11) is 1.78. The van der Waals surface area contributed by atoms with Gasteiger partial charge in [-0.15, -0.1) is 0 Å². The molecule has 90 valence electrons. The molecule has 1 aliphatic heterocycles. The van der Waals surface area contributed by atoms with Crippen LogP contribution in [0.3, 0.4) is 0 Å². The zero-order valence-electron chi connectivity index (χ0n) is 10.4. The van der Waals surface area contributed by atoms with E-state index in [0.29, 0.717) is 0 Å². The first kappa shape index (κ1) is 12.9. The van der Waals surface area contributed by atoms with Gasteiger partial charge in [-0.05, 0) is 32.4 Å². The van der Waals surface area contributed by atoms with Crippen LogP contribution in [0.15, 0.2) is 0 Å². The Morgan fingerprint density at radius 2 is 1.53 bits per heavy atom. The lowest BCUT2D eigenvalue weighted by Gasteiger charge is -2.34. The van der Waals surface area contributed by atoms with Crippen molar-refractivity contribution in [2.75, 3.05) is 53.0 Å². The standard InChI is InChI=1S/C12H26N2O/c1-3-6-13-8-10-14(11-9-13)7-4-5-12-15-2/h3-12H2,1-2H3. The maximum absolute atomic E-state index is 5.05. The van der Waals surface area contributed by atoms with E-state index in [4.69, 9.17) is 4.74 Å². The van der Waals surface area contributed by atoms with Gasteiger partial charge in [-0.2, -0.15) is 0 Å². The predicted octanol–water partition coefficient (Wildman–Crippen LogP) is 1.44. The number of nitrogens with zero attached hydrogens (tertiary/aromatic N) is 2. The van der Waals surface area contributed by atoms with Crippen LogP contribution < -0.4 is 0 Å². The molecule has 0 unspecified atom stereocenters. The molecule has 15 heavy (non-hydrogen) atoms. The van der Waals surface area contributed by atoms with Crippen LogP contribution in [0.1, 0.15) is 26.2 Å². The predicted molar refractivity (Wildman–Crippen MR) is 64.3 cm³/mol. The molecular formula is C12H26N2O. The van der Waals surface area contributed by atoms with Crippen LogP contribution in [-0.2, 0) is 4.74 Å². The fourth-order valence-electron chi connectivity index (χ4n) is 2.13. The van der Waals surface area contributed by atoms with Crippen LogP contribution in [0.5, 0.6) is 0 Å². The van der Waals surface area contributed by atoms with E-state index in [-0.39, 0.29) is 0 Å². The van der Waals surface area contributed by atoms with E-state index in [1.54, 1.807) is 7.11 Å². The quantitative estimate of drug-likeness (QED) is 0.596. The Hall–Kier alpha value is -0.120. The topological polar surface area (TPSA) is 15.7 Å². The Labute approximate surface area is 94.4 Å². The van der Waals surface area contributed by atoms with Crippen molar-refractivity contribution in [1.82, 2.24) is 9.80 Å². The van der Waals surface area contributed by atoms with Crippen LogP contribution >= 0.6 is 0 Å². The Morgan fingerprint density at radius 1 is 0.933 bits per heavy atom. The highest BCUT2D eigenvalue weighted by atomic mass is 16.5. The van der Waals surface area contributed by atoms with Gasteiger partial charge in [0.25, 0.3) is 0 Å². The van der Waals surface area contributed by atoms with Crippen molar-refractivity contribution in [2.45, 2.75) is 26.2 Å². The van der Waals surface area contributed by atoms with Crippen molar-refractivity contribution in [2.24, 2.45) is 0 Å². The van der Waals surface area contributed by atoms with Crippen LogP contribution in [-0.4, -0.2) is 62.8 Å². The number of unbranched alkanes of at least 4 members (excludes halogenated alkanes) is 1. The second-order valence-electron chi connectivity index (χ2n) is 4.38. The van der Waals surface area contributed by atoms with E-state index in [0.717, 1.165) is 6.61 Å². The molecule has 0 radical (unpaired) electrons. The first-order valence-corrected chi connectivity index (χ1v) is 6.30. The van der Waals surface area contributed by atoms with Gasteiger partial charge in [0.2, 0.25) is 0 Å². The summed E-state index contributed by atoms with van der Waals surface area (Å²) in [5.74, 6) is 0. The van der Waals surface area contributed by atoms with Crippen molar-refractivity contribution >= 4 is 0 Å². The molecule has 0 atom stereocenters. The third kappa shape index (κ3) is 5.50. The van der Waals surface area contributed by atoms with E-state index in [2.05, 4.69) is 16.7 Å². The molecule has 0 aromatic heterocycles. The van der Waals surface area contributed by atoms with Gasteiger partial charge in [-0.25, -0.2) is 0 Å². The van der Waals surface area contributed by atoms with Crippen LogP contribution in [0, 0.1) is 0 Å². The highest BCUT2D eigenvalue weighted by Gasteiger charge is 2.14. The maximum atomic E-state index is 5.05. The van der Waals surface area contributed by atoms with Gasteiger partial charge in [0.1, 0.15) is 0 Å². The number of piperazine rings is 1. The Bertz CT molecular complexity index is 142. The van der Waals surface area contributed by atoms with Gasteiger partial charge in [0.05, 0.1) is 0 Å². The van der Waals surface area contributed by atoms with Crippen molar-refractivity contribution in [3.8, 4) is 0 Å². The highest BCUT2D eigenvalue weighted by molar-refractivity contribution is 4.71. The average Bonchev–Trinajstić information content (AvgIpc) is 2.27. The lowest BCUT2D eigenvalue weighted by atomic mass is 10.2. The van der Waals surface area contributed by atoms with E-state index in [1.807, 2.05) is 0 Å². The zero-order chi connectivity index (χ0) is 10.9. The highest BCUT2D eigenvalue weighted by Crippen LogP contribution is 2.04. The molecule has 0 saturated carbocycles. The number of hydrogen-bond acceptors (Lipinski definition) is 3. The van der Waals surface area contributed by atoms with Crippen molar-refractivity contribution in [1.29, 1.82) is 0 Å². The summed E-state index contributed by atoms with van der Waals surface area (Å²) in [5, 5.41) is 0. The summed E-state index contributed by atoms with van der Waals surface area (Å²) < 4.78 is 5.05. The van der Waals surface area contributed by atoms with Crippen molar-refractivity contribution < 1.29 is 4.74 Å². The molecule has 3 heteroatoms. The van der Waals surface area contributed by atoms with Gasteiger partial charge < -0.3 is 14.5 Å². The van der Waals surface area contributed by atoms with E-state index < -0.39 is 0 Å². The van der Waals surface area contributed by atoms with Gasteiger partial charge in [0.15, 0.2) is 0 Å². The van der Waals surface area contributed by atoms with Crippen LogP contribution in [0.4, 0.5) is 0 Å². The first-order chi connectivity index (χ1) is 7.36. The zero-order valence-corrected chi connectivity index (χ0v) is 10.4. The molecule has 0 aliphatic carbocycles. The second-order valence-corrected chi connectivity index (χ2v) is 4.38. The Balaban J connectivity index is 1.99. The molecular weight excluding hydrogens is 188 g/mol. The SMILES string of the molecule is CCCN1CCN(CCCCOC)CC1. The smallest absolute Gasteiger partial charge is 0.0462 e. The van der Waals surface area contributed by atoms with Gasteiger partial charge in [-0.3, -0.25) is 0 Å². The molecule has 0 aromatic carbocycles. The van der Waals surface area contributed by atoms with E-state index >= 15 is 0 Å². The molecule has 0 spiro atoms. The normalized spacial score (nSPS) is 19.6. The minimum atomic E-state index is 0.912. The fourth-order valence-corrected chi connectivity index (χ4v) is 2.13. The minimum absolute atomic E-state index is 0.912. The number of rotatable bonds is 7. The summed E-state index contributed by atoms with van der Waals surface area (Å²) in [4.78, 5) is 5.16. The first-order valence-electron chi connectivity index (χ1n) is 6.30. The summed E-state index contributed by atoms with van der Waals surface area (Å²) >= 11 is 0. The van der Waals surface area contributed by atoms with Crippen molar-refractivity contribution in [3.63, 3.8) is 0 Å². The number of ether oxygens (including phenoxy) is 1. The Kier molecular flexibility index (Phi) is 6.98. The van der Waals surface area contributed by atoms with Gasteiger partial charge in [0, 0.05) is 39.9 Å². The molecule has 0 aromatic rings. The average molecular weight is 214 g/mol. The van der Waals surface area contributed by atoms with Gasteiger partial charge in [-0.1, -0.05) is 6.92 Å². The molecule has 3 nitrogen and oxygen atoms in total. The molecule has 1 saturated heterocycles. The fraction of sp³-hybridized carbons (Fsp3) is 1.00. The van der Waals surface area contributed by atoms with E-state index in [1.165, 1.54) is 58.5 Å². The molecule has 0 amide bonds. The van der Waals surface area contributed by atoms with Crippen LogP contribution in [0.25, 0.3) is 0 Å². The lowest BCUT2D eigenvalue weighted by molar-refractivity contribution is 0.126. The maximum Gasteiger partial charge on any atom is 0.0462 e. The Morgan fingerprint density at radius 3 is 2.07 bits per heavy atom. The minimum Gasteiger partial charge on any atom is -0.385 e. The summed E-state index contributed by atoms with van der Waals surface area (Å²) in [6, 6.07) is 0. The third-order valence-corrected chi connectivity index (χ3v) is 3.08. The molecule has 1 rings (SSSR count). The summed E-state index contributed by atoms with van der Waals surface area (Å²) in [6.45, 7) is 10.7. The molecule has 1 heterocycles. The monoisotopic (exact) mass is 214 g/mol. The largest absolute Gasteiger partial charge is 0.385 e. The summed E-state index contributed by atoms with van der Waals surface area (Å²) in [6.07, 6.45) is 3.77. The van der Waals surface area contributed by atoms with E-state index in [9.17, 15) is 0 Å². The molecule has 1 fully saturated rings. The molecule has 0 bridgehead atoms. The summed E-state index contributed by atoms with van der Waals surface area (Å²) in [5.41, 5.74) is 0. The lowest BCUT2D eigenvalue weighted by Crippen LogP contribution is -2.46. The molecule has 1 aliphatic rings. The molecule has 0 N–H and O–H groups in total. The number of methoxy groups -OCH3 is 1. The van der Waals surface area contributed by atoms with Crippen molar-refractivity contribution in [3.05, 3.63) is 0 Å². The second kappa shape index (κ2) is 8.08. The van der Waals surface area contributed by atoms with Gasteiger partial charge >= 0.3 is 0 Å². The van der Waals surface area contributed by atoms with Crippen LogP contribution in [0.2, 0.25) is 0 Å². The number of hydrogen-bond donors (Lipinski definition) is 0.